The van der Waals surface area contributed by atoms with Gasteiger partial charge in [0, 0.05) is 32.2 Å². The minimum absolute atomic E-state index is 0.203. The number of rotatable bonds is 7. The maximum atomic E-state index is 13.5. The highest BCUT2D eigenvalue weighted by atomic mass is 19.1. The maximum Gasteiger partial charge on any atom is 0.314 e. The van der Waals surface area contributed by atoms with Crippen molar-refractivity contribution in [1.82, 2.24) is 15.5 Å². The molecule has 2 amide bonds. The smallest absolute Gasteiger partial charge is 0.314 e. The predicted molar refractivity (Wildman–Crippen MR) is 92.5 cm³/mol. The fourth-order valence-corrected chi connectivity index (χ4v) is 2.97. The highest BCUT2D eigenvalue weighted by Gasteiger charge is 2.24. The summed E-state index contributed by atoms with van der Waals surface area (Å²) in [5, 5.41) is 5.73. The zero-order chi connectivity index (χ0) is 17.4. The van der Waals surface area contributed by atoms with Crippen molar-refractivity contribution < 1.29 is 13.9 Å². The number of ether oxygens (including phenoxy) is 1. The fraction of sp³-hybridized carbons (Fsp3) is 0.611. The van der Waals surface area contributed by atoms with E-state index < -0.39 is 0 Å². The van der Waals surface area contributed by atoms with E-state index in [1.807, 2.05) is 0 Å². The van der Waals surface area contributed by atoms with Crippen LogP contribution in [0.1, 0.15) is 19.4 Å². The largest absolute Gasteiger partial charge is 0.379 e. The van der Waals surface area contributed by atoms with Crippen LogP contribution in [-0.2, 0) is 11.2 Å². The third-order valence-corrected chi connectivity index (χ3v) is 4.39. The number of urea groups is 1. The Morgan fingerprint density at radius 2 is 1.96 bits per heavy atom. The Kier molecular flexibility index (Phi) is 7.46. The number of amides is 2. The Morgan fingerprint density at radius 3 is 2.62 bits per heavy atom. The molecule has 5 nitrogen and oxygen atoms in total. The number of carbonyl (C=O) groups excluding carboxylic acids is 1. The summed E-state index contributed by atoms with van der Waals surface area (Å²) in [7, 11) is 0. The molecule has 1 fully saturated rings. The number of halogens is 1. The molecule has 1 saturated heterocycles. The van der Waals surface area contributed by atoms with E-state index in [0.29, 0.717) is 37.0 Å². The molecule has 2 N–H and O–H groups in total. The third-order valence-electron chi connectivity index (χ3n) is 4.39. The Bertz CT molecular complexity index is 519. The monoisotopic (exact) mass is 337 g/mol. The number of nitrogens with zero attached hydrogens (tertiary/aromatic N) is 1. The standard InChI is InChI=1S/C18H28FN3O2/c1-14(2)17(22-9-11-24-12-10-22)13-21-18(23)20-8-7-15-5-3-4-6-16(15)19/h3-6,14,17H,7-13H2,1-2H3,(H2,20,21,23). The van der Waals surface area contributed by atoms with Gasteiger partial charge in [-0.05, 0) is 24.0 Å². The maximum absolute atomic E-state index is 13.5. The van der Waals surface area contributed by atoms with Crippen LogP contribution in [0.15, 0.2) is 24.3 Å². The molecule has 1 unspecified atom stereocenters. The molecule has 0 spiro atoms. The molecule has 1 aromatic rings. The fourth-order valence-electron chi connectivity index (χ4n) is 2.97. The normalized spacial score (nSPS) is 16.8. The first-order valence-electron chi connectivity index (χ1n) is 8.65. The Hall–Kier alpha value is -1.66. The molecule has 6 heteroatoms. The molecule has 1 aliphatic rings. The first-order chi connectivity index (χ1) is 11.6. The Morgan fingerprint density at radius 1 is 1.25 bits per heavy atom. The van der Waals surface area contributed by atoms with Crippen LogP contribution in [0.3, 0.4) is 0 Å². The topological polar surface area (TPSA) is 53.6 Å². The molecule has 0 bridgehead atoms. The van der Waals surface area contributed by atoms with Crippen LogP contribution in [-0.4, -0.2) is 56.4 Å². The summed E-state index contributed by atoms with van der Waals surface area (Å²) in [5.41, 5.74) is 0.617. The van der Waals surface area contributed by atoms with Gasteiger partial charge in [0.15, 0.2) is 0 Å². The van der Waals surface area contributed by atoms with Gasteiger partial charge in [0.05, 0.1) is 13.2 Å². The second-order valence-corrected chi connectivity index (χ2v) is 6.44. The van der Waals surface area contributed by atoms with Gasteiger partial charge in [-0.15, -0.1) is 0 Å². The number of hydrogen-bond donors (Lipinski definition) is 2. The number of hydrogen-bond acceptors (Lipinski definition) is 3. The van der Waals surface area contributed by atoms with Crippen molar-refractivity contribution in [2.75, 3.05) is 39.4 Å². The predicted octanol–water partition coefficient (Wildman–Crippen LogP) is 2.02. The summed E-state index contributed by atoms with van der Waals surface area (Å²) in [6.07, 6.45) is 0.483. The van der Waals surface area contributed by atoms with Gasteiger partial charge in [-0.3, -0.25) is 4.90 Å². The molecule has 1 atom stereocenters. The number of morpholine rings is 1. The lowest BCUT2D eigenvalue weighted by Gasteiger charge is -2.36. The van der Waals surface area contributed by atoms with Crippen LogP contribution in [0.2, 0.25) is 0 Å². The third kappa shape index (κ3) is 5.76. The molecular weight excluding hydrogens is 309 g/mol. The van der Waals surface area contributed by atoms with Crippen molar-refractivity contribution in [2.24, 2.45) is 5.92 Å². The van der Waals surface area contributed by atoms with Gasteiger partial charge in [0.2, 0.25) is 0 Å². The summed E-state index contributed by atoms with van der Waals surface area (Å²) >= 11 is 0. The van der Waals surface area contributed by atoms with E-state index in [9.17, 15) is 9.18 Å². The highest BCUT2D eigenvalue weighted by Crippen LogP contribution is 2.12. The number of benzene rings is 1. The lowest BCUT2D eigenvalue weighted by molar-refractivity contribution is 0.00720. The summed E-state index contributed by atoms with van der Waals surface area (Å²) in [6, 6.07) is 6.73. The van der Waals surface area contributed by atoms with Gasteiger partial charge in [-0.1, -0.05) is 32.0 Å². The number of nitrogens with one attached hydrogen (secondary N) is 2. The summed E-state index contributed by atoms with van der Waals surface area (Å²) < 4.78 is 18.9. The molecule has 1 heterocycles. The van der Waals surface area contributed by atoms with Gasteiger partial charge in [-0.2, -0.15) is 0 Å². The second kappa shape index (κ2) is 9.59. The quantitative estimate of drug-likeness (QED) is 0.800. The average molecular weight is 337 g/mol. The van der Waals surface area contributed by atoms with Crippen LogP contribution in [0.25, 0.3) is 0 Å². The van der Waals surface area contributed by atoms with Crippen molar-refractivity contribution >= 4 is 6.03 Å². The van der Waals surface area contributed by atoms with E-state index in [2.05, 4.69) is 29.4 Å². The van der Waals surface area contributed by atoms with Gasteiger partial charge < -0.3 is 15.4 Å². The lowest BCUT2D eigenvalue weighted by Crippen LogP contribution is -2.52. The second-order valence-electron chi connectivity index (χ2n) is 6.44. The van der Waals surface area contributed by atoms with Crippen molar-refractivity contribution in [3.8, 4) is 0 Å². The van der Waals surface area contributed by atoms with E-state index in [-0.39, 0.29) is 11.8 Å². The van der Waals surface area contributed by atoms with Gasteiger partial charge in [-0.25, -0.2) is 9.18 Å². The Balaban J connectivity index is 1.71. The SMILES string of the molecule is CC(C)C(CNC(=O)NCCc1ccccc1F)N1CCOCC1. The van der Waals surface area contributed by atoms with E-state index in [4.69, 9.17) is 4.74 Å². The first-order valence-corrected chi connectivity index (χ1v) is 8.65. The van der Waals surface area contributed by atoms with E-state index >= 15 is 0 Å². The van der Waals surface area contributed by atoms with Crippen LogP contribution < -0.4 is 10.6 Å². The van der Waals surface area contributed by atoms with E-state index in [0.717, 1.165) is 26.3 Å². The molecule has 1 aromatic carbocycles. The molecule has 0 aliphatic carbocycles. The minimum atomic E-state index is -0.230. The average Bonchev–Trinajstić information content (AvgIpc) is 2.57. The lowest BCUT2D eigenvalue weighted by atomic mass is 10.0. The van der Waals surface area contributed by atoms with Crippen molar-refractivity contribution in [3.63, 3.8) is 0 Å². The van der Waals surface area contributed by atoms with Crippen LogP contribution >= 0.6 is 0 Å². The van der Waals surface area contributed by atoms with Crippen molar-refractivity contribution in [2.45, 2.75) is 26.3 Å². The van der Waals surface area contributed by atoms with Crippen molar-refractivity contribution in [1.29, 1.82) is 0 Å². The van der Waals surface area contributed by atoms with Crippen molar-refractivity contribution in [3.05, 3.63) is 35.6 Å². The van der Waals surface area contributed by atoms with Crippen LogP contribution in [0.4, 0.5) is 9.18 Å². The number of carbonyl (C=O) groups is 1. The molecule has 2 rings (SSSR count). The Labute approximate surface area is 143 Å². The molecule has 24 heavy (non-hydrogen) atoms. The molecular formula is C18H28FN3O2. The first kappa shape index (κ1) is 18.7. The molecule has 0 radical (unpaired) electrons. The van der Waals surface area contributed by atoms with Gasteiger partial charge in [0.1, 0.15) is 5.82 Å². The minimum Gasteiger partial charge on any atom is -0.379 e. The summed E-state index contributed by atoms with van der Waals surface area (Å²) in [5.74, 6) is 0.216. The van der Waals surface area contributed by atoms with Crippen LogP contribution in [0.5, 0.6) is 0 Å². The molecule has 0 saturated carbocycles. The zero-order valence-electron chi connectivity index (χ0n) is 14.6. The molecule has 134 valence electrons. The van der Waals surface area contributed by atoms with Crippen LogP contribution in [0, 0.1) is 11.7 Å². The molecule has 1 aliphatic heterocycles. The van der Waals surface area contributed by atoms with E-state index in [1.54, 1.807) is 18.2 Å². The molecule has 0 aromatic heterocycles. The highest BCUT2D eigenvalue weighted by molar-refractivity contribution is 5.73. The van der Waals surface area contributed by atoms with Gasteiger partial charge in [0.25, 0.3) is 0 Å². The van der Waals surface area contributed by atoms with E-state index in [1.165, 1.54) is 6.07 Å². The summed E-state index contributed by atoms with van der Waals surface area (Å²) in [6.45, 7) is 8.64. The zero-order valence-corrected chi connectivity index (χ0v) is 14.6. The van der Waals surface area contributed by atoms with Gasteiger partial charge >= 0.3 is 6.03 Å². The summed E-state index contributed by atoms with van der Waals surface area (Å²) in [4.78, 5) is 14.3.